The van der Waals surface area contributed by atoms with E-state index in [-0.39, 0.29) is 0 Å². The Hall–Kier alpha value is -6.77. The van der Waals surface area contributed by atoms with Gasteiger partial charge in [-0.1, -0.05) is 159 Å². The third kappa shape index (κ3) is 5.47. The number of hydrogen-bond donors (Lipinski definition) is 0. The normalized spacial score (nSPS) is 16.6. The van der Waals surface area contributed by atoms with Gasteiger partial charge >= 0.3 is 0 Å². The van der Waals surface area contributed by atoms with Gasteiger partial charge < -0.3 is 4.57 Å². The molecule has 0 saturated carbocycles. The molecule has 0 fully saturated rings. The summed E-state index contributed by atoms with van der Waals surface area (Å²) in [5, 5.41) is 7.47. The number of para-hydroxylation sites is 1. The molecule has 0 amide bonds. The van der Waals surface area contributed by atoms with Crippen molar-refractivity contribution >= 4 is 48.9 Å². The van der Waals surface area contributed by atoms with Gasteiger partial charge in [0.2, 0.25) is 0 Å². The molecule has 10 rings (SSSR count). The topological polar surface area (TPSA) is 17.8 Å². The average molecular weight is 691 g/mol. The molecule has 7 aromatic carbocycles. The van der Waals surface area contributed by atoms with Crippen molar-refractivity contribution in [3.05, 3.63) is 200 Å². The van der Waals surface area contributed by atoms with Crippen molar-refractivity contribution in [1.29, 1.82) is 0 Å². The van der Waals surface area contributed by atoms with E-state index in [9.17, 15) is 0 Å². The van der Waals surface area contributed by atoms with Gasteiger partial charge in [0, 0.05) is 34.4 Å². The lowest BCUT2D eigenvalue weighted by Gasteiger charge is -2.14. The van der Waals surface area contributed by atoms with Crippen molar-refractivity contribution in [2.24, 2.45) is 5.92 Å². The van der Waals surface area contributed by atoms with Crippen LogP contribution in [0.5, 0.6) is 0 Å². The standard InChI is InChI=1S/C52H38N2/c1-35-12-9-14-36(15-10-13-35)41-27-28-42(46-20-6-5-19-45(41)46)37-23-25-49-50-26-24-38(33-52(50)54(51(49)32-37)40-17-3-2-4-18-40)43-29-30-44(39-16-11-31-53-34-39)48-22-8-7-21-47(43)48/h2-12,14-35H,13H2,1H3/b12-9-,15-10+,36-14+. The number of aromatic nitrogens is 2. The molecule has 0 bridgehead atoms. The second-order valence-corrected chi connectivity index (χ2v) is 14.4. The molecule has 1 aliphatic carbocycles. The maximum absolute atomic E-state index is 4.40. The Morgan fingerprint density at radius 3 is 1.67 bits per heavy atom. The summed E-state index contributed by atoms with van der Waals surface area (Å²) in [5.74, 6) is 0.551. The van der Waals surface area contributed by atoms with Gasteiger partial charge in [-0.2, -0.15) is 0 Å². The van der Waals surface area contributed by atoms with Crippen LogP contribution in [0.25, 0.3) is 88.0 Å². The molecule has 256 valence electrons. The number of allylic oxidation sites excluding steroid dienone is 6. The van der Waals surface area contributed by atoms with Crippen LogP contribution < -0.4 is 0 Å². The molecule has 2 heteroatoms. The van der Waals surface area contributed by atoms with Crippen molar-refractivity contribution in [3.8, 4) is 39.1 Å². The van der Waals surface area contributed by atoms with E-state index in [2.05, 4.69) is 192 Å². The minimum Gasteiger partial charge on any atom is -0.309 e. The van der Waals surface area contributed by atoms with Gasteiger partial charge in [-0.05, 0) is 103 Å². The monoisotopic (exact) mass is 690 g/mol. The van der Waals surface area contributed by atoms with Crippen LogP contribution in [-0.2, 0) is 0 Å². The van der Waals surface area contributed by atoms with Crippen LogP contribution >= 0.6 is 0 Å². The first kappa shape index (κ1) is 31.9. The van der Waals surface area contributed by atoms with Crippen LogP contribution in [-0.4, -0.2) is 9.55 Å². The van der Waals surface area contributed by atoms with E-state index in [4.69, 9.17) is 0 Å². The fourth-order valence-corrected chi connectivity index (χ4v) is 8.41. The summed E-state index contributed by atoms with van der Waals surface area (Å²) in [7, 11) is 0. The van der Waals surface area contributed by atoms with Crippen LogP contribution in [0.1, 0.15) is 18.9 Å². The summed E-state index contributed by atoms with van der Waals surface area (Å²) in [6.45, 7) is 2.27. The first-order valence-corrected chi connectivity index (χ1v) is 18.8. The summed E-state index contributed by atoms with van der Waals surface area (Å²) in [6, 6.07) is 55.6. The Balaban J connectivity index is 1.16. The molecule has 54 heavy (non-hydrogen) atoms. The number of rotatable bonds is 5. The minimum absolute atomic E-state index is 0.551. The third-order valence-corrected chi connectivity index (χ3v) is 11.1. The van der Waals surface area contributed by atoms with Crippen molar-refractivity contribution in [2.45, 2.75) is 13.3 Å². The number of nitrogens with zero attached hydrogens (tertiary/aromatic N) is 2. The highest BCUT2D eigenvalue weighted by atomic mass is 15.0. The lowest BCUT2D eigenvalue weighted by molar-refractivity contribution is 0.744. The molecule has 2 heterocycles. The highest BCUT2D eigenvalue weighted by molar-refractivity contribution is 6.13. The van der Waals surface area contributed by atoms with Gasteiger partial charge in [0.05, 0.1) is 11.0 Å². The van der Waals surface area contributed by atoms with Crippen molar-refractivity contribution in [3.63, 3.8) is 0 Å². The quantitative estimate of drug-likeness (QED) is 0.176. The minimum atomic E-state index is 0.551. The number of hydrogen-bond acceptors (Lipinski definition) is 1. The van der Waals surface area contributed by atoms with E-state index in [1.165, 1.54) is 82.3 Å². The van der Waals surface area contributed by atoms with Gasteiger partial charge in [0.1, 0.15) is 0 Å². The molecular formula is C52H38N2. The lowest BCUT2D eigenvalue weighted by atomic mass is 9.90. The highest BCUT2D eigenvalue weighted by Crippen LogP contribution is 2.41. The summed E-state index contributed by atoms with van der Waals surface area (Å²) in [5.41, 5.74) is 13.2. The van der Waals surface area contributed by atoms with E-state index in [0.717, 1.165) is 17.7 Å². The zero-order chi connectivity index (χ0) is 36.0. The molecule has 0 N–H and O–H groups in total. The SMILES string of the molecule is CC1\C=C/C=C(c2ccc(-c3ccc4c5ccc(-c6ccc(-c7cccnc7)c7ccccc67)cc5n(-c5ccccc5)c4c3)c3ccccc23)\C=C\C1. The maximum Gasteiger partial charge on any atom is 0.0547 e. The van der Waals surface area contributed by atoms with Crippen LogP contribution in [0.4, 0.5) is 0 Å². The van der Waals surface area contributed by atoms with Crippen molar-refractivity contribution in [2.75, 3.05) is 0 Å². The molecule has 0 aliphatic heterocycles. The molecule has 1 atom stereocenters. The van der Waals surface area contributed by atoms with Gasteiger partial charge in [-0.3, -0.25) is 4.98 Å². The average Bonchev–Trinajstić information content (AvgIpc) is 3.55. The molecule has 2 aromatic heterocycles. The Morgan fingerprint density at radius 1 is 0.519 bits per heavy atom. The Labute approximate surface area is 315 Å². The largest absolute Gasteiger partial charge is 0.309 e. The highest BCUT2D eigenvalue weighted by Gasteiger charge is 2.18. The van der Waals surface area contributed by atoms with E-state index in [0.29, 0.717) is 5.92 Å². The molecule has 9 aromatic rings. The second-order valence-electron chi connectivity index (χ2n) is 14.4. The lowest BCUT2D eigenvalue weighted by Crippen LogP contribution is -1.94. The zero-order valence-electron chi connectivity index (χ0n) is 30.2. The first-order chi connectivity index (χ1) is 26.7. The van der Waals surface area contributed by atoms with Crippen LogP contribution in [0.2, 0.25) is 0 Å². The maximum atomic E-state index is 4.40. The first-order valence-electron chi connectivity index (χ1n) is 18.8. The van der Waals surface area contributed by atoms with Gasteiger partial charge in [0.15, 0.2) is 0 Å². The number of fused-ring (bicyclic) bond motifs is 5. The Morgan fingerprint density at radius 2 is 1.07 bits per heavy atom. The van der Waals surface area contributed by atoms with E-state index < -0.39 is 0 Å². The Bertz CT molecular complexity index is 2960. The van der Waals surface area contributed by atoms with Gasteiger partial charge in [-0.25, -0.2) is 0 Å². The molecule has 2 nitrogen and oxygen atoms in total. The zero-order valence-corrected chi connectivity index (χ0v) is 30.2. The molecule has 0 radical (unpaired) electrons. The summed E-state index contributed by atoms with van der Waals surface area (Å²) < 4.78 is 2.44. The van der Waals surface area contributed by atoms with Crippen molar-refractivity contribution < 1.29 is 0 Å². The molecule has 1 aliphatic rings. The molecule has 1 unspecified atom stereocenters. The van der Waals surface area contributed by atoms with E-state index >= 15 is 0 Å². The predicted molar refractivity (Wildman–Crippen MR) is 230 cm³/mol. The summed E-state index contributed by atoms with van der Waals surface area (Å²) in [4.78, 5) is 4.40. The van der Waals surface area contributed by atoms with Crippen molar-refractivity contribution in [1.82, 2.24) is 9.55 Å². The number of benzene rings is 7. The van der Waals surface area contributed by atoms with Crippen LogP contribution in [0, 0.1) is 5.92 Å². The fraction of sp³-hybridized carbons (Fsp3) is 0.0577. The fourth-order valence-electron chi connectivity index (χ4n) is 8.41. The number of pyridine rings is 1. The third-order valence-electron chi connectivity index (χ3n) is 11.1. The van der Waals surface area contributed by atoms with Gasteiger partial charge in [-0.15, -0.1) is 0 Å². The second kappa shape index (κ2) is 13.3. The van der Waals surface area contributed by atoms with Crippen LogP contribution in [0.3, 0.4) is 0 Å². The smallest absolute Gasteiger partial charge is 0.0547 e. The summed E-state index contributed by atoms with van der Waals surface area (Å²) in [6.07, 6.45) is 16.2. The predicted octanol–water partition coefficient (Wildman–Crippen LogP) is 14.0. The molecule has 0 saturated heterocycles. The van der Waals surface area contributed by atoms with Gasteiger partial charge in [0.25, 0.3) is 0 Å². The van der Waals surface area contributed by atoms with E-state index in [1.54, 1.807) is 0 Å². The molecule has 0 spiro atoms. The Kier molecular flexibility index (Phi) is 7.88. The summed E-state index contributed by atoms with van der Waals surface area (Å²) >= 11 is 0. The van der Waals surface area contributed by atoms with E-state index in [1.807, 2.05) is 18.5 Å². The van der Waals surface area contributed by atoms with Crippen LogP contribution in [0.15, 0.2) is 194 Å². The molecular weight excluding hydrogens is 653 g/mol.